The third-order valence-electron chi connectivity index (χ3n) is 6.17. The van der Waals surface area contributed by atoms with Crippen LogP contribution in [0.4, 0.5) is 0 Å². The number of ether oxygens (including phenoxy) is 1. The first-order valence-electron chi connectivity index (χ1n) is 11.1. The molecule has 1 heterocycles. The molecular formula is C27H35NO5. The van der Waals surface area contributed by atoms with Gasteiger partial charge in [-0.15, -0.1) is 0 Å². The molecule has 0 amide bonds. The van der Waals surface area contributed by atoms with E-state index in [9.17, 15) is 9.59 Å². The van der Waals surface area contributed by atoms with Gasteiger partial charge in [-0.1, -0.05) is 60.7 Å². The normalized spacial score (nSPS) is 18.0. The fourth-order valence-corrected chi connectivity index (χ4v) is 4.32. The van der Waals surface area contributed by atoms with Crippen LogP contribution in [0.2, 0.25) is 0 Å². The van der Waals surface area contributed by atoms with E-state index >= 15 is 0 Å². The van der Waals surface area contributed by atoms with E-state index in [1.54, 1.807) is 0 Å². The first kappa shape index (κ1) is 26.3. The molecule has 1 aliphatic heterocycles. The molecule has 1 saturated heterocycles. The van der Waals surface area contributed by atoms with E-state index in [-0.39, 0.29) is 23.3 Å². The smallest absolute Gasteiger partial charge is 0.328 e. The molecule has 6 nitrogen and oxygen atoms in total. The van der Waals surface area contributed by atoms with Crippen molar-refractivity contribution in [3.63, 3.8) is 0 Å². The highest BCUT2D eigenvalue weighted by atomic mass is 16.5. The van der Waals surface area contributed by atoms with E-state index in [1.807, 2.05) is 0 Å². The predicted molar refractivity (Wildman–Crippen MR) is 129 cm³/mol. The van der Waals surface area contributed by atoms with Gasteiger partial charge in [-0.05, 0) is 58.7 Å². The van der Waals surface area contributed by atoms with Crippen LogP contribution in [0.15, 0.2) is 72.8 Å². The zero-order valence-electron chi connectivity index (χ0n) is 20.1. The molecule has 0 unspecified atom stereocenters. The van der Waals surface area contributed by atoms with E-state index in [0.717, 1.165) is 12.8 Å². The van der Waals surface area contributed by atoms with Crippen molar-refractivity contribution in [2.45, 2.75) is 63.8 Å². The molecule has 0 bridgehead atoms. The maximum Gasteiger partial charge on any atom is 0.328 e. The third kappa shape index (κ3) is 7.84. The molecule has 2 aromatic rings. The minimum atomic E-state index is -1.26. The molecule has 6 heteroatoms. The summed E-state index contributed by atoms with van der Waals surface area (Å²) in [6.07, 6.45) is 3.44. The van der Waals surface area contributed by atoms with Crippen LogP contribution in [-0.2, 0) is 14.3 Å². The molecule has 178 valence electrons. The summed E-state index contributed by atoms with van der Waals surface area (Å²) in [4.78, 5) is 21.6. The highest BCUT2D eigenvalue weighted by Crippen LogP contribution is 2.40. The van der Waals surface area contributed by atoms with Crippen LogP contribution < -0.4 is 0 Å². The summed E-state index contributed by atoms with van der Waals surface area (Å²) >= 11 is 0. The van der Waals surface area contributed by atoms with Crippen molar-refractivity contribution in [3.8, 4) is 0 Å². The van der Waals surface area contributed by atoms with Crippen molar-refractivity contribution in [2.75, 3.05) is 7.05 Å². The second-order valence-corrected chi connectivity index (χ2v) is 9.56. The number of rotatable bonds is 6. The van der Waals surface area contributed by atoms with E-state index < -0.39 is 11.9 Å². The fraction of sp³-hybridized carbons (Fsp3) is 0.407. The third-order valence-corrected chi connectivity index (χ3v) is 6.17. The Morgan fingerprint density at radius 3 is 1.55 bits per heavy atom. The van der Waals surface area contributed by atoms with Crippen LogP contribution in [0.1, 0.15) is 57.8 Å². The first-order chi connectivity index (χ1) is 15.4. The van der Waals surface area contributed by atoms with Crippen molar-refractivity contribution in [1.29, 1.82) is 0 Å². The van der Waals surface area contributed by atoms with E-state index in [2.05, 4.69) is 100 Å². The van der Waals surface area contributed by atoms with Crippen LogP contribution in [0.25, 0.3) is 0 Å². The topological polar surface area (TPSA) is 87.1 Å². The zero-order valence-corrected chi connectivity index (χ0v) is 20.1. The molecule has 2 aromatic carbocycles. The Morgan fingerprint density at radius 2 is 1.21 bits per heavy atom. The number of hydrogen-bond donors (Lipinski definition) is 2. The number of carboxylic acids is 2. The maximum absolute atomic E-state index is 9.55. The zero-order chi connectivity index (χ0) is 24.6. The summed E-state index contributed by atoms with van der Waals surface area (Å²) < 4.78 is 6.76. The van der Waals surface area contributed by atoms with Gasteiger partial charge in [0, 0.05) is 23.2 Å². The van der Waals surface area contributed by atoms with Crippen molar-refractivity contribution >= 4 is 11.9 Å². The SMILES string of the molecule is CN1C(C)(C)CC(OC(c2ccccc2)c2ccccc2)CC1(C)C.O=C(O)/C=C/C(=O)O. The Labute approximate surface area is 196 Å². The molecule has 0 aromatic heterocycles. The summed E-state index contributed by atoms with van der Waals surface area (Å²) in [7, 11) is 2.24. The summed E-state index contributed by atoms with van der Waals surface area (Å²) in [5.74, 6) is -2.51. The Kier molecular flexibility index (Phi) is 8.97. The molecule has 0 spiro atoms. The van der Waals surface area contributed by atoms with Gasteiger partial charge >= 0.3 is 11.9 Å². The largest absolute Gasteiger partial charge is 0.478 e. The van der Waals surface area contributed by atoms with Crippen LogP contribution in [0, 0.1) is 0 Å². The molecule has 33 heavy (non-hydrogen) atoms. The fourth-order valence-electron chi connectivity index (χ4n) is 4.32. The number of carbonyl (C=O) groups is 2. The average Bonchev–Trinajstić information content (AvgIpc) is 2.76. The quantitative estimate of drug-likeness (QED) is 0.588. The van der Waals surface area contributed by atoms with Crippen molar-refractivity contribution < 1.29 is 24.5 Å². The lowest BCUT2D eigenvalue weighted by Crippen LogP contribution is -2.60. The molecule has 3 rings (SSSR count). The van der Waals surface area contributed by atoms with E-state index in [0.29, 0.717) is 12.2 Å². The summed E-state index contributed by atoms with van der Waals surface area (Å²) in [6.45, 7) is 9.29. The summed E-state index contributed by atoms with van der Waals surface area (Å²) in [5, 5.41) is 15.6. The van der Waals surface area contributed by atoms with Crippen LogP contribution in [0.3, 0.4) is 0 Å². The Hall–Kier alpha value is -2.96. The summed E-state index contributed by atoms with van der Waals surface area (Å²) in [6, 6.07) is 21.2. The van der Waals surface area contributed by atoms with Crippen LogP contribution >= 0.6 is 0 Å². The first-order valence-corrected chi connectivity index (χ1v) is 11.1. The van der Waals surface area contributed by atoms with Gasteiger partial charge in [-0.2, -0.15) is 0 Å². The highest BCUT2D eigenvalue weighted by Gasteiger charge is 2.44. The number of nitrogens with zero attached hydrogens (tertiary/aromatic N) is 1. The second kappa shape index (κ2) is 11.3. The van der Waals surface area contributed by atoms with Crippen molar-refractivity contribution in [1.82, 2.24) is 4.90 Å². The van der Waals surface area contributed by atoms with Gasteiger partial charge in [-0.3, -0.25) is 4.90 Å². The van der Waals surface area contributed by atoms with Gasteiger partial charge in [0.25, 0.3) is 0 Å². The standard InChI is InChI=1S/C23H31NO.C4H4O4/c1-22(2)16-20(17-23(3,4)24(22)5)25-21(18-12-8-6-9-13-18)19-14-10-7-11-15-19;5-3(6)1-2-4(7)8/h6-15,20-21H,16-17H2,1-5H3;1-2H,(H,5,6)(H,7,8)/b;2-1+. The lowest BCUT2D eigenvalue weighted by atomic mass is 9.78. The second-order valence-electron chi connectivity index (χ2n) is 9.56. The van der Waals surface area contributed by atoms with Crippen molar-refractivity contribution in [3.05, 3.63) is 83.9 Å². The summed E-state index contributed by atoms with van der Waals surface area (Å²) in [5.41, 5.74) is 2.71. The number of benzene rings is 2. The van der Waals surface area contributed by atoms with E-state index in [1.165, 1.54) is 11.1 Å². The molecule has 0 aliphatic carbocycles. The molecule has 0 atom stereocenters. The predicted octanol–water partition coefficient (Wildman–Crippen LogP) is 5.16. The lowest BCUT2D eigenvalue weighted by molar-refractivity contribution is -0.134. The monoisotopic (exact) mass is 453 g/mol. The molecule has 2 N–H and O–H groups in total. The molecular weight excluding hydrogens is 418 g/mol. The molecule has 1 aliphatic rings. The number of piperidine rings is 1. The average molecular weight is 454 g/mol. The van der Waals surface area contributed by atoms with E-state index in [4.69, 9.17) is 14.9 Å². The van der Waals surface area contributed by atoms with Gasteiger partial charge in [0.15, 0.2) is 0 Å². The van der Waals surface area contributed by atoms with Gasteiger partial charge in [0.1, 0.15) is 6.10 Å². The van der Waals surface area contributed by atoms with Crippen LogP contribution in [-0.4, -0.2) is 51.3 Å². The number of aliphatic carboxylic acids is 2. The Bertz CT molecular complexity index is 864. The number of carboxylic acid groups (broad SMARTS) is 2. The lowest BCUT2D eigenvalue weighted by Gasteiger charge is -2.53. The van der Waals surface area contributed by atoms with Gasteiger partial charge in [0.05, 0.1) is 6.10 Å². The minimum Gasteiger partial charge on any atom is -0.478 e. The molecule has 0 saturated carbocycles. The number of likely N-dealkylation sites (tertiary alicyclic amines) is 1. The van der Waals surface area contributed by atoms with Gasteiger partial charge in [0.2, 0.25) is 0 Å². The Balaban J connectivity index is 0.000000414. The minimum absolute atomic E-state index is 0.0117. The number of hydrogen-bond acceptors (Lipinski definition) is 4. The van der Waals surface area contributed by atoms with Gasteiger partial charge in [-0.25, -0.2) is 9.59 Å². The molecule has 0 radical (unpaired) electrons. The van der Waals surface area contributed by atoms with Crippen molar-refractivity contribution in [2.24, 2.45) is 0 Å². The maximum atomic E-state index is 9.55. The molecule has 1 fully saturated rings. The van der Waals surface area contributed by atoms with Gasteiger partial charge < -0.3 is 14.9 Å². The van der Waals surface area contributed by atoms with Crippen LogP contribution in [0.5, 0.6) is 0 Å². The highest BCUT2D eigenvalue weighted by molar-refractivity contribution is 5.89. The Morgan fingerprint density at radius 1 is 0.848 bits per heavy atom.